The van der Waals surface area contributed by atoms with Crippen molar-refractivity contribution in [1.82, 2.24) is 9.78 Å². The highest BCUT2D eigenvalue weighted by atomic mass is 16.3. The summed E-state index contributed by atoms with van der Waals surface area (Å²) in [5, 5.41) is 56.8. The van der Waals surface area contributed by atoms with Gasteiger partial charge in [0, 0.05) is 36.0 Å². The summed E-state index contributed by atoms with van der Waals surface area (Å²) < 4.78 is 1.20. The summed E-state index contributed by atoms with van der Waals surface area (Å²) in [7, 11) is 1.49. The van der Waals surface area contributed by atoms with Crippen LogP contribution >= 0.6 is 0 Å². The van der Waals surface area contributed by atoms with Gasteiger partial charge in [-0.25, -0.2) is 0 Å². The summed E-state index contributed by atoms with van der Waals surface area (Å²) in [5.74, 6) is -3.62. The van der Waals surface area contributed by atoms with Gasteiger partial charge in [0.15, 0.2) is 0 Å². The molecule has 0 amide bonds. The van der Waals surface area contributed by atoms with Gasteiger partial charge >= 0.3 is 0 Å². The van der Waals surface area contributed by atoms with E-state index >= 15 is 0 Å². The number of aromatic amines is 1. The number of hydrogen-bond acceptors (Lipinski definition) is 6. The van der Waals surface area contributed by atoms with Gasteiger partial charge in [0.1, 0.15) is 17.2 Å². The number of aromatic hydroxyl groups is 3. The highest BCUT2D eigenvalue weighted by Crippen LogP contribution is 2.50. The van der Waals surface area contributed by atoms with Crippen molar-refractivity contribution in [3.8, 4) is 17.2 Å². The monoisotopic (exact) mass is 320 g/mol. The number of aryl methyl sites for hydroxylation is 2. The molecule has 0 saturated heterocycles. The average molecular weight is 320 g/mol. The van der Waals surface area contributed by atoms with Crippen LogP contribution in [0.5, 0.6) is 17.2 Å². The van der Waals surface area contributed by atoms with Gasteiger partial charge in [0.2, 0.25) is 0 Å². The minimum atomic E-state index is -1.47. The molecule has 3 rings (SSSR count). The maximum Gasteiger partial charge on any atom is 0.269 e. The number of nitrogens with zero attached hydrogens (tertiary/aromatic N) is 1. The molecule has 1 heterocycles. The van der Waals surface area contributed by atoms with Gasteiger partial charge in [-0.05, 0) is 18.8 Å². The molecule has 124 valence electrons. The molecule has 8 heteroatoms. The molecule has 1 saturated carbocycles. The average Bonchev–Trinajstić information content (AvgIpc) is 2.69. The Morgan fingerprint density at radius 2 is 1.52 bits per heavy atom. The van der Waals surface area contributed by atoms with E-state index in [9.17, 15) is 30.3 Å². The summed E-state index contributed by atoms with van der Waals surface area (Å²) in [6.45, 7) is 1.61. The Morgan fingerprint density at radius 3 is 1.96 bits per heavy atom. The number of phenols is 3. The normalized spacial score (nSPS) is 27.0. The van der Waals surface area contributed by atoms with Crippen molar-refractivity contribution >= 4 is 0 Å². The number of benzene rings is 1. The van der Waals surface area contributed by atoms with E-state index < -0.39 is 41.1 Å². The molecule has 4 N–H and O–H groups in total. The summed E-state index contributed by atoms with van der Waals surface area (Å²) in [6, 6.07) is 1.92. The Morgan fingerprint density at radius 1 is 1.04 bits per heavy atom. The van der Waals surface area contributed by atoms with E-state index in [0.29, 0.717) is 5.69 Å². The lowest BCUT2D eigenvalue weighted by atomic mass is 9.63. The first kappa shape index (κ1) is 15.4. The molecule has 23 heavy (non-hydrogen) atoms. The van der Waals surface area contributed by atoms with Gasteiger partial charge < -0.3 is 25.5 Å². The smallest absolute Gasteiger partial charge is 0.269 e. The van der Waals surface area contributed by atoms with Crippen LogP contribution in [0.15, 0.2) is 16.9 Å². The fourth-order valence-electron chi connectivity index (χ4n) is 3.38. The largest absolute Gasteiger partial charge is 0.851 e. The SMILES string of the molecule is Cc1[nH]n(C)c(=O)c1C1C([O-])C(c2c(O)cc(O)cc2O)C1[O-]. The molecule has 8 nitrogen and oxygen atoms in total. The van der Waals surface area contributed by atoms with Crippen molar-refractivity contribution in [2.45, 2.75) is 31.0 Å². The molecular formula is C15H16N2O6-2. The van der Waals surface area contributed by atoms with Crippen molar-refractivity contribution in [1.29, 1.82) is 0 Å². The summed E-state index contributed by atoms with van der Waals surface area (Å²) in [6.07, 6.45) is -2.94. The molecule has 0 bridgehead atoms. The Balaban J connectivity index is 2.01. The van der Waals surface area contributed by atoms with Crippen LogP contribution in [0.25, 0.3) is 0 Å². The van der Waals surface area contributed by atoms with Crippen molar-refractivity contribution in [3.63, 3.8) is 0 Å². The van der Waals surface area contributed by atoms with E-state index in [4.69, 9.17) is 0 Å². The number of H-pyrrole nitrogens is 1. The molecule has 1 aromatic carbocycles. The van der Waals surface area contributed by atoms with E-state index in [1.54, 1.807) is 6.92 Å². The molecule has 1 aromatic heterocycles. The Hall–Kier alpha value is -2.45. The summed E-state index contributed by atoms with van der Waals surface area (Å²) in [4.78, 5) is 12.1. The van der Waals surface area contributed by atoms with Gasteiger partial charge in [-0.15, -0.1) is 12.2 Å². The number of hydrogen-bond donors (Lipinski definition) is 4. The van der Waals surface area contributed by atoms with Crippen LogP contribution in [0.4, 0.5) is 0 Å². The second-order valence-electron chi connectivity index (χ2n) is 5.89. The second-order valence-corrected chi connectivity index (χ2v) is 5.89. The second kappa shape index (κ2) is 5.04. The summed E-state index contributed by atoms with van der Waals surface area (Å²) in [5.41, 5.74) is 0.0131. The zero-order valence-electron chi connectivity index (χ0n) is 12.5. The molecule has 0 aliphatic heterocycles. The predicted octanol–water partition coefficient (Wildman–Crippen LogP) is -1.52. The van der Waals surface area contributed by atoms with Crippen LogP contribution in [-0.2, 0) is 7.05 Å². The van der Waals surface area contributed by atoms with Crippen LogP contribution in [0.1, 0.15) is 28.7 Å². The van der Waals surface area contributed by atoms with E-state index in [1.165, 1.54) is 11.7 Å². The Bertz CT molecular complexity index is 791. The molecule has 0 radical (unpaired) electrons. The van der Waals surface area contributed by atoms with Gasteiger partial charge in [0.25, 0.3) is 5.56 Å². The minimum absolute atomic E-state index is 0.154. The molecule has 1 aliphatic carbocycles. The minimum Gasteiger partial charge on any atom is -0.851 e. The molecule has 2 unspecified atom stereocenters. The lowest BCUT2D eigenvalue weighted by Crippen LogP contribution is -2.64. The maximum absolute atomic E-state index is 12.5. The molecule has 1 aliphatic rings. The summed E-state index contributed by atoms with van der Waals surface area (Å²) >= 11 is 0. The molecule has 1 fully saturated rings. The molecule has 0 spiro atoms. The lowest BCUT2D eigenvalue weighted by molar-refractivity contribution is -0.536. The maximum atomic E-state index is 12.5. The fourth-order valence-corrected chi connectivity index (χ4v) is 3.38. The number of phenolic OH excluding ortho intramolecular Hbond substituents is 3. The zero-order valence-corrected chi connectivity index (χ0v) is 12.5. The van der Waals surface area contributed by atoms with Gasteiger partial charge in [-0.3, -0.25) is 14.6 Å². The van der Waals surface area contributed by atoms with E-state index in [1.807, 2.05) is 0 Å². The van der Waals surface area contributed by atoms with Crippen LogP contribution < -0.4 is 15.8 Å². The lowest BCUT2D eigenvalue weighted by Gasteiger charge is -2.61. The Labute approximate surface area is 130 Å². The third kappa shape index (κ3) is 2.10. The van der Waals surface area contributed by atoms with Crippen molar-refractivity contribution in [2.24, 2.45) is 7.05 Å². The predicted molar refractivity (Wildman–Crippen MR) is 75.3 cm³/mol. The van der Waals surface area contributed by atoms with Gasteiger partial charge in [-0.1, -0.05) is 0 Å². The molecule has 2 atom stereocenters. The fraction of sp³-hybridized carbons (Fsp3) is 0.400. The van der Waals surface area contributed by atoms with Crippen LogP contribution in [-0.4, -0.2) is 37.3 Å². The molecule has 2 aromatic rings. The van der Waals surface area contributed by atoms with Gasteiger partial charge in [0.05, 0.1) is 0 Å². The first-order valence-corrected chi connectivity index (χ1v) is 7.06. The third-order valence-electron chi connectivity index (χ3n) is 4.48. The quantitative estimate of drug-likeness (QED) is 0.529. The molecular weight excluding hydrogens is 304 g/mol. The van der Waals surface area contributed by atoms with E-state index in [0.717, 1.165) is 12.1 Å². The first-order chi connectivity index (χ1) is 10.7. The number of rotatable bonds is 2. The number of nitrogens with one attached hydrogen (secondary N) is 1. The van der Waals surface area contributed by atoms with Crippen molar-refractivity contribution in [3.05, 3.63) is 39.3 Å². The number of aromatic nitrogens is 2. The van der Waals surface area contributed by atoms with Crippen molar-refractivity contribution < 1.29 is 25.5 Å². The standard InChI is InChI=1S/C15H16N2O6/c1-5-9(15(23)17(2)16-5)11-13(21)12(14(11)22)10-7(19)3-6(18)4-8(10)20/h3-4,11-14,16,18-20H,1-2H3/q-2. The highest BCUT2D eigenvalue weighted by Gasteiger charge is 2.43. The highest BCUT2D eigenvalue weighted by molar-refractivity contribution is 5.53. The van der Waals surface area contributed by atoms with Crippen molar-refractivity contribution in [2.75, 3.05) is 0 Å². The first-order valence-electron chi connectivity index (χ1n) is 7.06. The van der Waals surface area contributed by atoms with Gasteiger partial charge in [-0.2, -0.15) is 0 Å². The Kier molecular flexibility index (Phi) is 3.38. The van der Waals surface area contributed by atoms with Crippen LogP contribution in [0.2, 0.25) is 0 Å². The zero-order chi connectivity index (χ0) is 17.0. The third-order valence-corrected chi connectivity index (χ3v) is 4.48. The topological polar surface area (TPSA) is 145 Å². The van der Waals surface area contributed by atoms with E-state index in [-0.39, 0.29) is 16.9 Å². The van der Waals surface area contributed by atoms with E-state index in [2.05, 4.69) is 5.10 Å². The van der Waals surface area contributed by atoms with Crippen LogP contribution in [0, 0.1) is 6.92 Å². The van der Waals surface area contributed by atoms with Crippen LogP contribution in [0.3, 0.4) is 0 Å².